The minimum Gasteiger partial charge on any atom is -0.496 e. The summed E-state index contributed by atoms with van der Waals surface area (Å²) in [6, 6.07) is 5.64. The Morgan fingerprint density at radius 3 is 2.47 bits per heavy atom. The number of hydrogen-bond acceptors (Lipinski definition) is 4. The zero-order valence-electron chi connectivity index (χ0n) is 11.9. The van der Waals surface area contributed by atoms with E-state index in [1.165, 1.54) is 0 Å². The first-order valence-corrected chi connectivity index (χ1v) is 6.81. The van der Waals surface area contributed by atoms with E-state index in [1.54, 1.807) is 14.2 Å². The van der Waals surface area contributed by atoms with Gasteiger partial charge in [0.05, 0.1) is 25.9 Å². The zero-order valence-corrected chi connectivity index (χ0v) is 11.9. The molecule has 1 aromatic carbocycles. The van der Waals surface area contributed by atoms with Crippen LogP contribution in [0.1, 0.15) is 31.4 Å². The predicted molar refractivity (Wildman–Crippen MR) is 74.6 cm³/mol. The standard InChI is InChI=1S/C15H23NO3/c1-4-11-10(8-9-19-11)15(16)14-12(17-2)6-5-7-13(14)18-3/h5-7,10-11,15H,4,8-9,16H2,1-3H3. The lowest BCUT2D eigenvalue weighted by molar-refractivity contribution is 0.0809. The topological polar surface area (TPSA) is 53.7 Å². The fourth-order valence-corrected chi connectivity index (χ4v) is 2.92. The molecular formula is C15H23NO3. The second-order valence-electron chi connectivity index (χ2n) is 4.87. The molecule has 2 N–H and O–H groups in total. The summed E-state index contributed by atoms with van der Waals surface area (Å²) in [5.74, 6) is 1.89. The lowest BCUT2D eigenvalue weighted by Gasteiger charge is -2.26. The maximum Gasteiger partial charge on any atom is 0.127 e. The smallest absolute Gasteiger partial charge is 0.127 e. The van der Waals surface area contributed by atoms with Crippen LogP contribution in [-0.2, 0) is 4.74 Å². The van der Waals surface area contributed by atoms with E-state index in [2.05, 4.69) is 6.92 Å². The number of nitrogens with two attached hydrogens (primary N) is 1. The molecule has 4 nitrogen and oxygen atoms in total. The Kier molecular flexibility index (Phi) is 4.66. The molecule has 0 saturated carbocycles. The van der Waals surface area contributed by atoms with Gasteiger partial charge >= 0.3 is 0 Å². The summed E-state index contributed by atoms with van der Waals surface area (Å²) in [4.78, 5) is 0. The van der Waals surface area contributed by atoms with Crippen molar-refractivity contribution < 1.29 is 14.2 Å². The number of methoxy groups -OCH3 is 2. The van der Waals surface area contributed by atoms with Crippen LogP contribution >= 0.6 is 0 Å². The summed E-state index contributed by atoms with van der Waals surface area (Å²) in [5.41, 5.74) is 7.42. The van der Waals surface area contributed by atoms with Gasteiger partial charge in [-0.1, -0.05) is 13.0 Å². The molecule has 0 amide bonds. The molecule has 2 rings (SSSR count). The van der Waals surface area contributed by atoms with Crippen molar-refractivity contribution in [3.05, 3.63) is 23.8 Å². The molecule has 0 radical (unpaired) electrons. The van der Waals surface area contributed by atoms with Gasteiger partial charge in [-0.15, -0.1) is 0 Å². The van der Waals surface area contributed by atoms with Crippen LogP contribution in [0.25, 0.3) is 0 Å². The van der Waals surface area contributed by atoms with Crippen molar-refractivity contribution in [2.75, 3.05) is 20.8 Å². The fourth-order valence-electron chi connectivity index (χ4n) is 2.92. The van der Waals surface area contributed by atoms with Crippen molar-refractivity contribution >= 4 is 0 Å². The molecule has 1 aliphatic rings. The number of hydrogen-bond donors (Lipinski definition) is 1. The van der Waals surface area contributed by atoms with Gasteiger partial charge < -0.3 is 19.9 Å². The first-order chi connectivity index (χ1) is 9.22. The lowest BCUT2D eigenvalue weighted by Crippen LogP contribution is -2.28. The molecular weight excluding hydrogens is 242 g/mol. The molecule has 0 aromatic heterocycles. The van der Waals surface area contributed by atoms with Crippen LogP contribution in [0.4, 0.5) is 0 Å². The lowest BCUT2D eigenvalue weighted by atomic mass is 9.86. The first-order valence-electron chi connectivity index (χ1n) is 6.81. The van der Waals surface area contributed by atoms with Gasteiger partial charge in [-0.2, -0.15) is 0 Å². The molecule has 1 fully saturated rings. The van der Waals surface area contributed by atoms with Crippen molar-refractivity contribution in [2.45, 2.75) is 31.9 Å². The van der Waals surface area contributed by atoms with Crippen LogP contribution < -0.4 is 15.2 Å². The van der Waals surface area contributed by atoms with Gasteiger partial charge in [-0.3, -0.25) is 0 Å². The van der Waals surface area contributed by atoms with E-state index >= 15 is 0 Å². The summed E-state index contributed by atoms with van der Waals surface area (Å²) >= 11 is 0. The molecule has 1 aliphatic heterocycles. The summed E-state index contributed by atoms with van der Waals surface area (Å²) in [6.07, 6.45) is 2.20. The van der Waals surface area contributed by atoms with Crippen LogP contribution in [0.5, 0.6) is 11.5 Å². The summed E-state index contributed by atoms with van der Waals surface area (Å²) in [5, 5.41) is 0. The Bertz CT molecular complexity index is 400. The monoisotopic (exact) mass is 265 g/mol. The highest BCUT2D eigenvalue weighted by atomic mass is 16.5. The summed E-state index contributed by atoms with van der Waals surface area (Å²) < 4.78 is 16.6. The van der Waals surface area contributed by atoms with Gasteiger partial charge in [0.1, 0.15) is 11.5 Å². The van der Waals surface area contributed by atoms with Crippen molar-refractivity contribution in [3.63, 3.8) is 0 Å². The van der Waals surface area contributed by atoms with E-state index in [4.69, 9.17) is 19.9 Å². The van der Waals surface area contributed by atoms with Gasteiger partial charge in [-0.25, -0.2) is 0 Å². The van der Waals surface area contributed by atoms with Crippen molar-refractivity contribution in [1.29, 1.82) is 0 Å². The molecule has 106 valence electrons. The Morgan fingerprint density at radius 1 is 1.32 bits per heavy atom. The Hall–Kier alpha value is -1.26. The molecule has 1 saturated heterocycles. The predicted octanol–water partition coefficient (Wildman–Crippen LogP) is 2.52. The van der Waals surface area contributed by atoms with E-state index in [0.717, 1.165) is 36.5 Å². The SMILES string of the molecule is CCC1OCCC1C(N)c1c(OC)cccc1OC. The molecule has 3 atom stereocenters. The molecule has 1 aromatic rings. The molecule has 0 spiro atoms. The molecule has 0 bridgehead atoms. The molecule has 0 aliphatic carbocycles. The zero-order chi connectivity index (χ0) is 13.8. The van der Waals surface area contributed by atoms with Gasteiger partial charge in [0.2, 0.25) is 0 Å². The van der Waals surface area contributed by atoms with Gasteiger partial charge in [0, 0.05) is 18.6 Å². The van der Waals surface area contributed by atoms with E-state index in [-0.39, 0.29) is 12.1 Å². The second-order valence-corrected chi connectivity index (χ2v) is 4.87. The van der Waals surface area contributed by atoms with Gasteiger partial charge in [-0.05, 0) is 25.0 Å². The maximum atomic E-state index is 6.48. The van der Waals surface area contributed by atoms with Crippen LogP contribution in [0.3, 0.4) is 0 Å². The third-order valence-electron chi connectivity index (χ3n) is 3.92. The van der Waals surface area contributed by atoms with E-state index in [0.29, 0.717) is 5.92 Å². The van der Waals surface area contributed by atoms with Gasteiger partial charge in [0.15, 0.2) is 0 Å². The average molecular weight is 265 g/mol. The van der Waals surface area contributed by atoms with Crippen molar-refractivity contribution in [1.82, 2.24) is 0 Å². The average Bonchev–Trinajstić information content (AvgIpc) is 2.93. The van der Waals surface area contributed by atoms with Crippen LogP contribution in [-0.4, -0.2) is 26.9 Å². The number of rotatable bonds is 5. The first kappa shape index (κ1) is 14.2. The quantitative estimate of drug-likeness (QED) is 0.888. The Balaban J connectivity index is 2.34. The third kappa shape index (κ3) is 2.69. The number of benzene rings is 1. The van der Waals surface area contributed by atoms with Crippen LogP contribution in [0.2, 0.25) is 0 Å². The summed E-state index contributed by atoms with van der Waals surface area (Å²) in [6.45, 7) is 2.92. The van der Waals surface area contributed by atoms with Gasteiger partial charge in [0.25, 0.3) is 0 Å². The van der Waals surface area contributed by atoms with Crippen molar-refractivity contribution in [3.8, 4) is 11.5 Å². The largest absolute Gasteiger partial charge is 0.496 e. The maximum absolute atomic E-state index is 6.48. The molecule has 1 heterocycles. The molecule has 4 heteroatoms. The van der Waals surface area contributed by atoms with Crippen molar-refractivity contribution in [2.24, 2.45) is 11.7 Å². The molecule has 3 unspecified atom stereocenters. The van der Waals surface area contributed by atoms with E-state index in [1.807, 2.05) is 18.2 Å². The Labute approximate surface area is 114 Å². The third-order valence-corrected chi connectivity index (χ3v) is 3.92. The van der Waals surface area contributed by atoms with E-state index in [9.17, 15) is 0 Å². The van der Waals surface area contributed by atoms with Crippen LogP contribution in [0, 0.1) is 5.92 Å². The highest BCUT2D eigenvalue weighted by molar-refractivity contribution is 5.47. The highest BCUT2D eigenvalue weighted by Crippen LogP contribution is 2.41. The second kappa shape index (κ2) is 6.26. The minimum absolute atomic E-state index is 0.126. The normalized spacial score (nSPS) is 24.2. The van der Waals surface area contributed by atoms with E-state index < -0.39 is 0 Å². The molecule has 19 heavy (non-hydrogen) atoms. The van der Waals surface area contributed by atoms with Crippen LogP contribution in [0.15, 0.2) is 18.2 Å². The Morgan fingerprint density at radius 2 is 1.95 bits per heavy atom. The minimum atomic E-state index is -0.126. The highest BCUT2D eigenvalue weighted by Gasteiger charge is 2.35. The fraction of sp³-hybridized carbons (Fsp3) is 0.600. The summed E-state index contributed by atoms with van der Waals surface area (Å²) in [7, 11) is 3.32. The number of ether oxygens (including phenoxy) is 3.